The zero-order chi connectivity index (χ0) is 17.2. The van der Waals surface area contributed by atoms with E-state index in [-0.39, 0.29) is 17.4 Å². The molecule has 0 spiro atoms. The Hall–Kier alpha value is -2.69. The first kappa shape index (κ1) is 15.8. The highest BCUT2D eigenvalue weighted by molar-refractivity contribution is 5.81. The molecule has 3 aromatic rings. The number of aromatic nitrogens is 2. The molecule has 0 radical (unpaired) electrons. The Kier molecular flexibility index (Phi) is 4.22. The number of halogens is 1. The Bertz CT molecular complexity index is 961. The van der Waals surface area contributed by atoms with Crippen molar-refractivity contribution in [2.45, 2.75) is 38.1 Å². The lowest BCUT2D eigenvalue weighted by atomic mass is 9.95. The molecule has 1 aliphatic rings. The van der Waals surface area contributed by atoms with Gasteiger partial charge >= 0.3 is 0 Å². The van der Waals surface area contributed by atoms with E-state index >= 15 is 0 Å². The van der Waals surface area contributed by atoms with Crippen molar-refractivity contribution in [3.05, 3.63) is 64.8 Å². The van der Waals surface area contributed by atoms with Gasteiger partial charge in [-0.15, -0.1) is 0 Å². The number of hydrogen-bond acceptors (Lipinski definition) is 3. The van der Waals surface area contributed by atoms with E-state index < -0.39 is 0 Å². The monoisotopic (exact) mass is 337 g/mol. The van der Waals surface area contributed by atoms with Gasteiger partial charge in [-0.25, -0.2) is 9.37 Å². The van der Waals surface area contributed by atoms with E-state index in [1.54, 1.807) is 36.5 Å². The summed E-state index contributed by atoms with van der Waals surface area (Å²) < 4.78 is 15.8. The number of anilines is 2. The van der Waals surface area contributed by atoms with Gasteiger partial charge in [0.05, 0.1) is 11.2 Å². The van der Waals surface area contributed by atoms with Crippen LogP contribution in [0.1, 0.15) is 38.1 Å². The topological polar surface area (TPSA) is 46.9 Å². The third-order valence-electron chi connectivity index (χ3n) is 4.89. The lowest BCUT2D eigenvalue weighted by molar-refractivity contribution is 0.354. The second kappa shape index (κ2) is 6.67. The molecule has 4 rings (SSSR count). The predicted molar refractivity (Wildman–Crippen MR) is 97.8 cm³/mol. The average Bonchev–Trinajstić information content (AvgIpc) is 2.64. The lowest BCUT2D eigenvalue weighted by Gasteiger charge is -2.25. The summed E-state index contributed by atoms with van der Waals surface area (Å²) in [5, 5.41) is 3.93. The Labute approximate surface area is 145 Å². The number of pyridine rings is 2. The van der Waals surface area contributed by atoms with Crippen molar-refractivity contribution in [1.29, 1.82) is 0 Å². The molecular weight excluding hydrogens is 317 g/mol. The summed E-state index contributed by atoms with van der Waals surface area (Å²) in [6, 6.07) is 12.0. The van der Waals surface area contributed by atoms with Crippen LogP contribution in [0, 0.1) is 5.82 Å². The van der Waals surface area contributed by atoms with Crippen LogP contribution in [-0.2, 0) is 0 Å². The number of benzene rings is 1. The van der Waals surface area contributed by atoms with Crippen molar-refractivity contribution in [2.24, 2.45) is 0 Å². The zero-order valence-electron chi connectivity index (χ0n) is 13.9. The number of para-hydroxylation sites is 1. The molecule has 1 aliphatic carbocycles. The zero-order valence-corrected chi connectivity index (χ0v) is 13.9. The van der Waals surface area contributed by atoms with Crippen LogP contribution in [0.2, 0.25) is 0 Å². The molecule has 0 amide bonds. The minimum atomic E-state index is -0.331. The number of nitrogens with one attached hydrogen (secondary N) is 1. The van der Waals surface area contributed by atoms with Crippen molar-refractivity contribution < 1.29 is 4.39 Å². The molecule has 128 valence electrons. The quantitative estimate of drug-likeness (QED) is 0.748. The highest BCUT2D eigenvalue weighted by atomic mass is 19.1. The normalized spacial score (nSPS) is 15.4. The van der Waals surface area contributed by atoms with Crippen LogP contribution in [0.25, 0.3) is 10.9 Å². The minimum absolute atomic E-state index is 0.0161. The predicted octanol–water partition coefficient (Wildman–Crippen LogP) is 4.78. The van der Waals surface area contributed by atoms with Crippen molar-refractivity contribution in [3.63, 3.8) is 0 Å². The summed E-state index contributed by atoms with van der Waals surface area (Å²) >= 11 is 0. The first-order valence-electron chi connectivity index (χ1n) is 8.75. The summed E-state index contributed by atoms with van der Waals surface area (Å²) in [5.41, 5.74) is 1.24. The summed E-state index contributed by atoms with van der Waals surface area (Å²) in [4.78, 5) is 16.9. The maximum Gasteiger partial charge on any atom is 0.251 e. The largest absolute Gasteiger partial charge is 0.338 e. The molecule has 0 saturated heterocycles. The maximum absolute atomic E-state index is 13.9. The van der Waals surface area contributed by atoms with Gasteiger partial charge in [-0.3, -0.25) is 4.79 Å². The van der Waals surface area contributed by atoms with Crippen molar-refractivity contribution >= 4 is 22.4 Å². The van der Waals surface area contributed by atoms with Crippen LogP contribution in [-0.4, -0.2) is 9.55 Å². The fourth-order valence-electron chi connectivity index (χ4n) is 3.64. The third-order valence-corrected chi connectivity index (χ3v) is 4.89. The molecule has 0 aliphatic heterocycles. The first-order valence-corrected chi connectivity index (χ1v) is 8.75. The Balaban J connectivity index is 1.78. The molecule has 4 nitrogen and oxygen atoms in total. The van der Waals surface area contributed by atoms with Crippen LogP contribution < -0.4 is 10.9 Å². The standard InChI is InChI=1S/C20H20FN3O/c21-16-8-4-5-9-17(16)23-19-12-18-14(13-22-19)10-11-20(25)24(18)15-6-2-1-3-7-15/h4-5,8-13,15H,1-3,6-7H2,(H,22,23). The molecule has 0 atom stereocenters. The van der Waals surface area contributed by atoms with E-state index in [0.29, 0.717) is 11.5 Å². The number of rotatable bonds is 3. The van der Waals surface area contributed by atoms with Gasteiger partial charge in [-0.05, 0) is 31.0 Å². The molecule has 0 bridgehead atoms. The first-order chi connectivity index (χ1) is 12.2. The Morgan fingerprint density at radius 1 is 1.08 bits per heavy atom. The minimum Gasteiger partial charge on any atom is -0.338 e. The van der Waals surface area contributed by atoms with E-state index in [1.165, 1.54) is 12.5 Å². The van der Waals surface area contributed by atoms with Gasteiger partial charge < -0.3 is 9.88 Å². The Morgan fingerprint density at radius 2 is 1.88 bits per heavy atom. The molecule has 1 fully saturated rings. The second-order valence-corrected chi connectivity index (χ2v) is 6.57. The molecule has 1 aromatic carbocycles. The molecule has 1 saturated carbocycles. The fourth-order valence-corrected chi connectivity index (χ4v) is 3.64. The molecule has 25 heavy (non-hydrogen) atoms. The molecule has 0 unspecified atom stereocenters. The van der Waals surface area contributed by atoms with Crippen molar-refractivity contribution in [2.75, 3.05) is 5.32 Å². The van der Waals surface area contributed by atoms with Crippen molar-refractivity contribution in [3.8, 4) is 0 Å². The van der Waals surface area contributed by atoms with E-state index in [9.17, 15) is 9.18 Å². The highest BCUT2D eigenvalue weighted by Gasteiger charge is 2.18. The van der Waals surface area contributed by atoms with Crippen LogP contribution in [0.3, 0.4) is 0 Å². The average molecular weight is 337 g/mol. The number of fused-ring (bicyclic) bond motifs is 1. The van der Waals surface area contributed by atoms with Crippen LogP contribution in [0.5, 0.6) is 0 Å². The molecule has 5 heteroatoms. The van der Waals surface area contributed by atoms with Crippen molar-refractivity contribution in [1.82, 2.24) is 9.55 Å². The fraction of sp³-hybridized carbons (Fsp3) is 0.300. The van der Waals surface area contributed by atoms with E-state index in [4.69, 9.17) is 0 Å². The third kappa shape index (κ3) is 3.14. The second-order valence-electron chi connectivity index (χ2n) is 6.57. The van der Waals surface area contributed by atoms with Gasteiger partial charge in [0, 0.05) is 29.8 Å². The van der Waals surface area contributed by atoms with Gasteiger partial charge in [0.25, 0.3) is 5.56 Å². The lowest BCUT2D eigenvalue weighted by Crippen LogP contribution is -2.26. The van der Waals surface area contributed by atoms with Crippen LogP contribution in [0.4, 0.5) is 15.9 Å². The SMILES string of the molecule is O=c1ccc2cnc(Nc3ccccc3F)cc2n1C1CCCCC1. The number of nitrogens with zero attached hydrogens (tertiary/aromatic N) is 2. The summed E-state index contributed by atoms with van der Waals surface area (Å²) in [5.74, 6) is 0.204. The summed E-state index contributed by atoms with van der Waals surface area (Å²) in [7, 11) is 0. The molecular formula is C20H20FN3O. The molecule has 2 aromatic heterocycles. The van der Waals surface area contributed by atoms with E-state index in [0.717, 1.165) is 36.6 Å². The van der Waals surface area contributed by atoms with Gasteiger partial charge in [-0.1, -0.05) is 31.4 Å². The molecule has 1 N–H and O–H groups in total. The molecule has 2 heterocycles. The van der Waals surface area contributed by atoms with Gasteiger partial charge in [0.1, 0.15) is 11.6 Å². The van der Waals surface area contributed by atoms with Gasteiger partial charge in [0.15, 0.2) is 0 Å². The summed E-state index contributed by atoms with van der Waals surface area (Å²) in [6.45, 7) is 0. The van der Waals surface area contributed by atoms with E-state index in [2.05, 4.69) is 10.3 Å². The van der Waals surface area contributed by atoms with Crippen LogP contribution >= 0.6 is 0 Å². The highest BCUT2D eigenvalue weighted by Crippen LogP contribution is 2.30. The Morgan fingerprint density at radius 3 is 2.68 bits per heavy atom. The summed E-state index contributed by atoms with van der Waals surface area (Å²) in [6.07, 6.45) is 7.32. The van der Waals surface area contributed by atoms with Gasteiger partial charge in [0.2, 0.25) is 0 Å². The van der Waals surface area contributed by atoms with Gasteiger partial charge in [-0.2, -0.15) is 0 Å². The van der Waals surface area contributed by atoms with E-state index in [1.807, 2.05) is 10.6 Å². The van der Waals surface area contributed by atoms with Crippen LogP contribution in [0.15, 0.2) is 53.5 Å². The maximum atomic E-state index is 13.9. The smallest absolute Gasteiger partial charge is 0.251 e. The number of hydrogen-bond donors (Lipinski definition) is 1.